The van der Waals surface area contributed by atoms with Gasteiger partial charge in [0.15, 0.2) is 5.11 Å². The lowest BCUT2D eigenvalue weighted by Crippen LogP contribution is -2.32. The summed E-state index contributed by atoms with van der Waals surface area (Å²) in [5.74, 6) is -0.182. The molecule has 10 heteroatoms. The molecule has 3 heterocycles. The van der Waals surface area contributed by atoms with Crippen LogP contribution >= 0.6 is 23.8 Å². The fourth-order valence-corrected chi connectivity index (χ4v) is 5.39. The number of pyridine rings is 1. The van der Waals surface area contributed by atoms with Gasteiger partial charge in [0.05, 0.1) is 22.3 Å². The molecule has 3 N–H and O–H groups in total. The molecule has 1 fully saturated rings. The molecule has 0 saturated carbocycles. The van der Waals surface area contributed by atoms with Crippen molar-refractivity contribution in [3.8, 4) is 11.3 Å². The van der Waals surface area contributed by atoms with E-state index in [0.29, 0.717) is 33.8 Å². The number of aromatic carboxylic acids is 1. The molecule has 1 aliphatic rings. The average Bonchev–Trinajstić information content (AvgIpc) is 3.57. The summed E-state index contributed by atoms with van der Waals surface area (Å²) >= 11 is 12.1. The lowest BCUT2D eigenvalue weighted by atomic mass is 10.0. The number of hydrogen-bond donors (Lipinski definition) is 3. The molecule has 2 aromatic carbocycles. The summed E-state index contributed by atoms with van der Waals surface area (Å²) in [6.45, 7) is 2.38. The fourth-order valence-electron chi connectivity index (χ4n) is 4.84. The smallest absolute Gasteiger partial charge is 0.335 e. The third kappa shape index (κ3) is 5.71. The summed E-state index contributed by atoms with van der Waals surface area (Å²) in [5, 5.41) is 16.6. The van der Waals surface area contributed by atoms with Crippen LogP contribution in [0.15, 0.2) is 83.4 Å². The van der Waals surface area contributed by atoms with Gasteiger partial charge in [0.25, 0.3) is 0 Å². The zero-order valence-corrected chi connectivity index (χ0v) is 23.2. The van der Waals surface area contributed by atoms with Crippen LogP contribution in [0, 0.1) is 0 Å². The van der Waals surface area contributed by atoms with Crippen LogP contribution in [0.1, 0.15) is 52.8 Å². The number of furan rings is 1. The van der Waals surface area contributed by atoms with Crippen LogP contribution in [0.2, 0.25) is 5.02 Å². The first kappa shape index (κ1) is 27.4. The molecule has 1 saturated heterocycles. The molecule has 40 heavy (non-hydrogen) atoms. The standard InChI is InChI=1S/C30H27ClN4O4S/c1-2-18-7-3-4-8-22(18)33-26(36)14-16-35-28(27(34-30(35)40)23-9-5-6-15-32-23)25-13-12-24(39-25)20-17-19(29(37)38)10-11-21(20)31/h3-13,15,17,27-28H,2,14,16H2,1H3,(H,33,36)(H,34,40)(H,37,38)/t27-,28-/m0/s1. The molecular weight excluding hydrogens is 548 g/mol. The molecule has 0 aliphatic carbocycles. The number of aromatic nitrogens is 1. The second-order valence-corrected chi connectivity index (χ2v) is 10.1. The van der Waals surface area contributed by atoms with E-state index in [2.05, 4.69) is 15.6 Å². The van der Waals surface area contributed by atoms with E-state index in [1.165, 1.54) is 18.2 Å². The number of para-hydroxylation sites is 1. The molecular formula is C30H27ClN4O4S. The molecule has 204 valence electrons. The maximum absolute atomic E-state index is 13.0. The Hall–Kier alpha value is -4.21. The van der Waals surface area contributed by atoms with Gasteiger partial charge in [-0.05, 0) is 72.7 Å². The Morgan fingerprint density at radius 2 is 1.93 bits per heavy atom. The van der Waals surface area contributed by atoms with E-state index in [4.69, 9.17) is 28.2 Å². The number of nitrogens with one attached hydrogen (secondary N) is 2. The van der Waals surface area contributed by atoms with Gasteiger partial charge in [0.1, 0.15) is 17.6 Å². The third-order valence-electron chi connectivity index (χ3n) is 6.85. The predicted molar refractivity (Wildman–Crippen MR) is 157 cm³/mol. The number of anilines is 1. The lowest BCUT2D eigenvalue weighted by Gasteiger charge is -2.26. The van der Waals surface area contributed by atoms with Crippen LogP contribution in [-0.4, -0.2) is 38.5 Å². The van der Waals surface area contributed by atoms with Crippen LogP contribution in [-0.2, 0) is 11.2 Å². The van der Waals surface area contributed by atoms with Crippen molar-refractivity contribution < 1.29 is 19.1 Å². The molecule has 8 nitrogen and oxygen atoms in total. The summed E-state index contributed by atoms with van der Waals surface area (Å²) in [6.07, 6.45) is 2.72. The van der Waals surface area contributed by atoms with E-state index in [1.807, 2.05) is 60.4 Å². The van der Waals surface area contributed by atoms with Crippen LogP contribution in [0.5, 0.6) is 0 Å². The minimum atomic E-state index is -1.06. The van der Waals surface area contributed by atoms with E-state index >= 15 is 0 Å². The van der Waals surface area contributed by atoms with Gasteiger partial charge in [0, 0.05) is 30.4 Å². The Morgan fingerprint density at radius 3 is 2.67 bits per heavy atom. The van der Waals surface area contributed by atoms with Gasteiger partial charge in [0.2, 0.25) is 5.91 Å². The largest absolute Gasteiger partial charge is 0.478 e. The van der Waals surface area contributed by atoms with Gasteiger partial charge >= 0.3 is 5.97 Å². The van der Waals surface area contributed by atoms with E-state index in [1.54, 1.807) is 12.3 Å². The number of nitrogens with zero attached hydrogens (tertiary/aromatic N) is 2. The molecule has 0 radical (unpaired) electrons. The van der Waals surface area contributed by atoms with Crippen molar-refractivity contribution in [1.82, 2.24) is 15.2 Å². The molecule has 0 bridgehead atoms. The van der Waals surface area contributed by atoms with E-state index < -0.39 is 12.0 Å². The highest BCUT2D eigenvalue weighted by atomic mass is 35.5. The SMILES string of the molecule is CCc1ccccc1NC(=O)CCN1C(=S)N[C@@H](c2ccccn2)[C@@H]1c1ccc(-c2cc(C(=O)O)ccc2Cl)o1. The highest BCUT2D eigenvalue weighted by Gasteiger charge is 2.41. The van der Waals surface area contributed by atoms with Crippen LogP contribution in [0.4, 0.5) is 5.69 Å². The maximum Gasteiger partial charge on any atom is 0.335 e. The normalized spacial score (nSPS) is 16.6. The fraction of sp³-hybridized carbons (Fsp3) is 0.200. The number of thiocarbonyl (C=S) groups is 1. The number of rotatable bonds is 9. The quantitative estimate of drug-likeness (QED) is 0.201. The van der Waals surface area contributed by atoms with E-state index in [0.717, 1.165) is 23.4 Å². The first-order valence-electron chi connectivity index (χ1n) is 12.8. The van der Waals surface area contributed by atoms with Gasteiger partial charge in [-0.1, -0.05) is 42.8 Å². The van der Waals surface area contributed by atoms with Crippen molar-refractivity contribution in [3.63, 3.8) is 0 Å². The van der Waals surface area contributed by atoms with Crippen molar-refractivity contribution in [2.75, 3.05) is 11.9 Å². The average molecular weight is 575 g/mol. The maximum atomic E-state index is 13.0. The van der Waals surface area contributed by atoms with Crippen molar-refractivity contribution in [2.24, 2.45) is 0 Å². The van der Waals surface area contributed by atoms with Gasteiger partial charge < -0.3 is 25.1 Å². The number of carbonyl (C=O) groups excluding carboxylic acids is 1. The summed E-state index contributed by atoms with van der Waals surface area (Å²) in [7, 11) is 0. The number of hydrogen-bond acceptors (Lipinski definition) is 5. The number of halogens is 1. The Kier molecular flexibility index (Phi) is 8.14. The van der Waals surface area contributed by atoms with Gasteiger partial charge in [-0.15, -0.1) is 0 Å². The van der Waals surface area contributed by atoms with E-state index in [9.17, 15) is 14.7 Å². The highest BCUT2D eigenvalue weighted by Crippen LogP contribution is 2.41. The second-order valence-electron chi connectivity index (χ2n) is 9.33. The summed E-state index contributed by atoms with van der Waals surface area (Å²) in [5.41, 5.74) is 3.20. The number of benzene rings is 2. The summed E-state index contributed by atoms with van der Waals surface area (Å²) in [4.78, 5) is 30.9. The Morgan fingerprint density at radius 1 is 1.12 bits per heavy atom. The van der Waals surface area contributed by atoms with Gasteiger partial charge in [-0.3, -0.25) is 9.78 Å². The van der Waals surface area contributed by atoms with Crippen LogP contribution in [0.3, 0.4) is 0 Å². The molecule has 2 aromatic heterocycles. The topological polar surface area (TPSA) is 108 Å². The number of aryl methyl sites for hydroxylation is 1. The number of carboxylic acid groups (broad SMARTS) is 1. The zero-order valence-electron chi connectivity index (χ0n) is 21.6. The van der Waals surface area contributed by atoms with Gasteiger partial charge in [-0.2, -0.15) is 0 Å². The van der Waals surface area contributed by atoms with Crippen molar-refractivity contribution in [3.05, 3.63) is 107 Å². The number of carbonyl (C=O) groups is 2. The third-order valence-corrected chi connectivity index (χ3v) is 7.53. The summed E-state index contributed by atoms with van der Waals surface area (Å²) in [6, 6.07) is 20.7. The molecule has 0 spiro atoms. The first-order chi connectivity index (χ1) is 19.4. The lowest BCUT2D eigenvalue weighted by molar-refractivity contribution is -0.116. The predicted octanol–water partition coefficient (Wildman–Crippen LogP) is 6.26. The van der Waals surface area contributed by atoms with Crippen LogP contribution in [0.25, 0.3) is 11.3 Å². The zero-order chi connectivity index (χ0) is 28.2. The van der Waals surface area contributed by atoms with Crippen molar-refractivity contribution >= 4 is 46.5 Å². The van der Waals surface area contributed by atoms with Crippen molar-refractivity contribution in [2.45, 2.75) is 31.8 Å². The Labute approximate surface area is 242 Å². The molecule has 2 atom stereocenters. The second kappa shape index (κ2) is 11.9. The minimum absolute atomic E-state index is 0.102. The minimum Gasteiger partial charge on any atom is -0.478 e. The Bertz CT molecular complexity index is 1560. The van der Waals surface area contributed by atoms with Crippen LogP contribution < -0.4 is 10.6 Å². The molecule has 5 rings (SSSR count). The Balaban J connectivity index is 1.43. The number of carboxylic acids is 1. The monoisotopic (exact) mass is 574 g/mol. The molecule has 4 aromatic rings. The van der Waals surface area contributed by atoms with Crippen molar-refractivity contribution in [1.29, 1.82) is 0 Å². The summed E-state index contributed by atoms with van der Waals surface area (Å²) < 4.78 is 6.29. The molecule has 1 aliphatic heterocycles. The van der Waals surface area contributed by atoms with Gasteiger partial charge in [-0.25, -0.2) is 4.79 Å². The number of amides is 1. The molecule has 1 amide bonds. The first-order valence-corrected chi connectivity index (χ1v) is 13.6. The van der Waals surface area contributed by atoms with E-state index in [-0.39, 0.29) is 23.9 Å². The molecule has 0 unspecified atom stereocenters. The highest BCUT2D eigenvalue weighted by molar-refractivity contribution is 7.80.